The lowest BCUT2D eigenvalue weighted by molar-refractivity contribution is -0.180. The van der Waals surface area contributed by atoms with Crippen molar-refractivity contribution in [3.8, 4) is 0 Å². The molecule has 3 aliphatic heterocycles. The van der Waals surface area contributed by atoms with E-state index in [0.717, 1.165) is 26.2 Å². The maximum atomic E-state index is 12.7. The molecule has 0 spiro atoms. The van der Waals surface area contributed by atoms with Gasteiger partial charge in [0.1, 0.15) is 12.3 Å². The van der Waals surface area contributed by atoms with E-state index < -0.39 is 30.8 Å². The molecule has 3 aliphatic rings. The van der Waals surface area contributed by atoms with Crippen molar-refractivity contribution in [2.75, 3.05) is 26.2 Å². The summed E-state index contributed by atoms with van der Waals surface area (Å²) in [5, 5.41) is 9.81. The molecule has 1 amide bonds. The Kier molecular flexibility index (Phi) is 3.58. The van der Waals surface area contributed by atoms with Crippen LogP contribution in [0.25, 0.3) is 0 Å². The van der Waals surface area contributed by atoms with E-state index in [9.17, 15) is 18.0 Å². The minimum Gasteiger partial charge on any atom is -0.314 e. The van der Waals surface area contributed by atoms with Crippen LogP contribution in [0.5, 0.6) is 0 Å². The van der Waals surface area contributed by atoms with Crippen LogP contribution in [0.3, 0.4) is 0 Å². The van der Waals surface area contributed by atoms with Crippen molar-refractivity contribution >= 4 is 5.91 Å². The fourth-order valence-electron chi connectivity index (χ4n) is 2.67. The van der Waals surface area contributed by atoms with Gasteiger partial charge in [0.05, 0.1) is 6.42 Å². The van der Waals surface area contributed by atoms with E-state index in [2.05, 4.69) is 21.4 Å². The lowest BCUT2D eigenvalue weighted by Crippen LogP contribution is -2.64. The summed E-state index contributed by atoms with van der Waals surface area (Å²) in [4.78, 5) is 13.9. The van der Waals surface area contributed by atoms with Gasteiger partial charge in [-0.25, -0.2) is 5.01 Å². The Hall–Kier alpha value is -0.940. The molecule has 3 fully saturated rings. The number of hydrogen-bond donors (Lipinski definition) is 4. The maximum absolute atomic E-state index is 12.7. The Balaban J connectivity index is 1.66. The second-order valence-corrected chi connectivity index (χ2v) is 5.12. The zero-order valence-electron chi connectivity index (χ0n) is 10.7. The van der Waals surface area contributed by atoms with Crippen LogP contribution in [0.1, 0.15) is 6.42 Å². The number of carbonyl (C=O) groups is 1. The Morgan fingerprint density at radius 2 is 1.80 bits per heavy atom. The third-order valence-corrected chi connectivity index (χ3v) is 3.75. The summed E-state index contributed by atoms with van der Waals surface area (Å²) in [7, 11) is 0. The highest BCUT2D eigenvalue weighted by atomic mass is 19.4. The van der Waals surface area contributed by atoms with Crippen molar-refractivity contribution in [2.24, 2.45) is 0 Å². The van der Waals surface area contributed by atoms with E-state index in [4.69, 9.17) is 0 Å². The van der Waals surface area contributed by atoms with Gasteiger partial charge in [-0.05, 0) is 0 Å². The molecule has 0 aliphatic carbocycles. The van der Waals surface area contributed by atoms with Gasteiger partial charge in [0, 0.05) is 26.2 Å². The molecule has 10 heteroatoms. The van der Waals surface area contributed by atoms with Gasteiger partial charge in [-0.15, -0.1) is 0 Å². The number of hydrogen-bond acceptors (Lipinski definition) is 6. The Bertz CT molecular complexity index is 386. The smallest absolute Gasteiger partial charge is 0.314 e. The van der Waals surface area contributed by atoms with Crippen LogP contribution in [-0.4, -0.2) is 66.8 Å². The van der Waals surface area contributed by atoms with E-state index >= 15 is 0 Å². The fraction of sp³-hybridized carbons (Fsp3) is 0.900. The molecule has 0 radical (unpaired) electrons. The number of fused-ring (bicyclic) bond motifs is 1. The normalized spacial score (nSPS) is 36.2. The first kappa shape index (κ1) is 14.0. The third-order valence-electron chi connectivity index (χ3n) is 3.75. The summed E-state index contributed by atoms with van der Waals surface area (Å²) in [5.74, 6) is -0.554. The summed E-state index contributed by atoms with van der Waals surface area (Å²) in [5.41, 5.74) is 2.93. The van der Waals surface area contributed by atoms with Crippen molar-refractivity contribution < 1.29 is 18.0 Å². The second kappa shape index (κ2) is 5.11. The predicted molar refractivity (Wildman–Crippen MR) is 62.7 cm³/mol. The molecule has 114 valence electrons. The van der Waals surface area contributed by atoms with Crippen LogP contribution in [0.15, 0.2) is 0 Å². The van der Waals surface area contributed by atoms with Crippen LogP contribution < -0.4 is 21.4 Å². The zero-order valence-corrected chi connectivity index (χ0v) is 10.7. The number of rotatable bonds is 1. The highest BCUT2D eigenvalue weighted by Gasteiger charge is 2.50. The van der Waals surface area contributed by atoms with Gasteiger partial charge in [0.25, 0.3) is 0 Å². The van der Waals surface area contributed by atoms with Gasteiger partial charge in [-0.3, -0.25) is 20.3 Å². The number of nitrogens with one attached hydrogen (secondary N) is 4. The first-order valence-electron chi connectivity index (χ1n) is 6.57. The van der Waals surface area contributed by atoms with Gasteiger partial charge >= 0.3 is 6.18 Å². The summed E-state index contributed by atoms with van der Waals surface area (Å²) >= 11 is 0. The van der Waals surface area contributed by atoms with E-state index in [1.165, 1.54) is 5.01 Å². The minimum atomic E-state index is -4.42. The molecule has 0 aromatic heterocycles. The van der Waals surface area contributed by atoms with Crippen LogP contribution >= 0.6 is 0 Å². The molecule has 20 heavy (non-hydrogen) atoms. The molecule has 3 saturated heterocycles. The summed E-state index contributed by atoms with van der Waals surface area (Å²) in [6.45, 7) is 3.17. The number of piperazine rings is 1. The van der Waals surface area contributed by atoms with Crippen molar-refractivity contribution in [3.63, 3.8) is 0 Å². The third kappa shape index (κ3) is 2.61. The molecule has 0 aromatic rings. The molecule has 3 unspecified atom stereocenters. The zero-order chi connectivity index (χ0) is 14.3. The topological polar surface area (TPSA) is 71.7 Å². The molecule has 0 aromatic carbocycles. The van der Waals surface area contributed by atoms with Crippen molar-refractivity contribution in [2.45, 2.75) is 31.2 Å². The number of nitrogens with zero attached hydrogens (tertiary/aromatic N) is 2. The van der Waals surface area contributed by atoms with Gasteiger partial charge in [-0.1, -0.05) is 0 Å². The average Bonchev–Trinajstić information content (AvgIpc) is 2.83. The number of halogens is 3. The highest BCUT2D eigenvalue weighted by Crippen LogP contribution is 2.27. The largest absolute Gasteiger partial charge is 0.404 e. The molecule has 3 atom stereocenters. The van der Waals surface area contributed by atoms with E-state index in [-0.39, 0.29) is 6.29 Å². The van der Waals surface area contributed by atoms with Crippen LogP contribution in [0, 0.1) is 0 Å². The summed E-state index contributed by atoms with van der Waals surface area (Å²) in [6, 6.07) is -1.80. The number of amides is 1. The lowest BCUT2D eigenvalue weighted by atomic mass is 10.1. The molecule has 0 saturated carbocycles. The van der Waals surface area contributed by atoms with Gasteiger partial charge in [0.2, 0.25) is 5.91 Å². The highest BCUT2D eigenvalue weighted by molar-refractivity contribution is 5.77. The summed E-state index contributed by atoms with van der Waals surface area (Å²) in [6.07, 6.45) is -6.16. The molecular formula is C10H17F3N6O. The van der Waals surface area contributed by atoms with Gasteiger partial charge in [0.15, 0.2) is 6.29 Å². The average molecular weight is 294 g/mol. The summed E-state index contributed by atoms with van der Waals surface area (Å²) < 4.78 is 38.2. The second-order valence-electron chi connectivity index (χ2n) is 5.12. The predicted octanol–water partition coefficient (Wildman–Crippen LogP) is -1.68. The molecule has 3 heterocycles. The van der Waals surface area contributed by atoms with Crippen LogP contribution in [0.2, 0.25) is 0 Å². The first-order valence-corrected chi connectivity index (χ1v) is 6.57. The molecule has 0 bridgehead atoms. The van der Waals surface area contributed by atoms with E-state index in [1.807, 2.05) is 4.90 Å². The maximum Gasteiger partial charge on any atom is 0.404 e. The Labute approximate surface area is 113 Å². The van der Waals surface area contributed by atoms with E-state index in [0.29, 0.717) is 0 Å². The van der Waals surface area contributed by atoms with Gasteiger partial charge in [-0.2, -0.15) is 18.6 Å². The SMILES string of the molecule is O=C1CC(C(F)(F)F)NC2NC(N3CCNCC3)NN12. The lowest BCUT2D eigenvalue weighted by Gasteiger charge is -2.35. The first-order chi connectivity index (χ1) is 9.45. The number of carbonyl (C=O) groups excluding carboxylic acids is 1. The minimum absolute atomic E-state index is 0.328. The number of alkyl halides is 3. The van der Waals surface area contributed by atoms with Gasteiger partial charge < -0.3 is 5.32 Å². The quantitative estimate of drug-likeness (QED) is 0.463. The molecular weight excluding hydrogens is 277 g/mol. The monoisotopic (exact) mass is 294 g/mol. The Morgan fingerprint density at radius 3 is 2.45 bits per heavy atom. The molecule has 4 N–H and O–H groups in total. The fourth-order valence-corrected chi connectivity index (χ4v) is 2.67. The van der Waals surface area contributed by atoms with Crippen molar-refractivity contribution in [1.29, 1.82) is 0 Å². The Morgan fingerprint density at radius 1 is 1.10 bits per heavy atom. The van der Waals surface area contributed by atoms with Crippen molar-refractivity contribution in [1.82, 2.24) is 31.3 Å². The van der Waals surface area contributed by atoms with Crippen molar-refractivity contribution in [3.05, 3.63) is 0 Å². The molecule has 3 rings (SSSR count). The van der Waals surface area contributed by atoms with Crippen LogP contribution in [-0.2, 0) is 4.79 Å². The van der Waals surface area contributed by atoms with Crippen LogP contribution in [0.4, 0.5) is 13.2 Å². The standard InChI is InChI=1S/C10H17F3N6O/c11-10(12,13)6-5-7(20)19-8(15-6)16-9(17-19)18-3-1-14-2-4-18/h6,8-9,14-17H,1-5H2. The molecule has 7 nitrogen and oxygen atoms in total. The van der Waals surface area contributed by atoms with E-state index in [1.54, 1.807) is 0 Å². The number of hydrazine groups is 1.